The minimum Gasteiger partial charge on any atom is -0.569 e. The van der Waals surface area contributed by atoms with Gasteiger partial charge < -0.3 is 19.9 Å². The van der Waals surface area contributed by atoms with Gasteiger partial charge in [-0.05, 0) is 33.6 Å². The molecule has 0 aliphatic heterocycles. The zero-order chi connectivity index (χ0) is 18.5. The monoisotopic (exact) mass is 306 g/mol. The van der Waals surface area contributed by atoms with Gasteiger partial charge in [-0.2, -0.15) is 0 Å². The second-order valence-electron chi connectivity index (χ2n) is 6.05. The van der Waals surface area contributed by atoms with Gasteiger partial charge in [-0.1, -0.05) is 0 Å². The van der Waals surface area contributed by atoms with Crippen molar-refractivity contribution in [2.75, 3.05) is 20.2 Å². The molecule has 1 rings (SSSR count). The third kappa shape index (κ3) is 5.37. The van der Waals surface area contributed by atoms with Crippen LogP contribution in [0.2, 0.25) is 0 Å². The van der Waals surface area contributed by atoms with Crippen LogP contribution in [0, 0.1) is 11.1 Å². The minimum atomic E-state index is -2.53. The van der Waals surface area contributed by atoms with E-state index in [1.807, 2.05) is 0 Å². The summed E-state index contributed by atoms with van der Waals surface area (Å²) in [5.41, 5.74) is -0.633. The number of rotatable bonds is 7. The van der Waals surface area contributed by atoms with Crippen molar-refractivity contribution < 1.29 is 28.6 Å². The Balaban J connectivity index is 2.61. The van der Waals surface area contributed by atoms with Crippen LogP contribution >= 0.6 is 0 Å². The lowest BCUT2D eigenvalue weighted by Crippen LogP contribution is -2.47. The summed E-state index contributed by atoms with van der Waals surface area (Å²) in [6, 6.07) is 0. The predicted octanol–water partition coefficient (Wildman–Crippen LogP) is 1.80. The molecule has 8 nitrogen and oxygen atoms in total. The third-order valence-electron chi connectivity index (χ3n) is 3.39. The van der Waals surface area contributed by atoms with Crippen LogP contribution in [0.4, 0.5) is 0 Å². The Morgan fingerprint density at radius 2 is 2.29 bits per heavy atom. The minimum absolute atomic E-state index is 0.0146. The number of hydrogen-bond acceptors (Lipinski definition) is 5. The molecule has 1 aliphatic rings. The van der Waals surface area contributed by atoms with E-state index in [1.165, 1.54) is 5.01 Å². The first-order valence-electron chi connectivity index (χ1n) is 8.38. The molecule has 2 atom stereocenters. The number of hydrazine groups is 1. The maximum Gasteiger partial charge on any atom is 0.306 e. The first-order chi connectivity index (χ1) is 10.9. The number of aliphatic carboxylic acids is 1. The molecule has 1 fully saturated rings. The van der Waals surface area contributed by atoms with Crippen molar-refractivity contribution >= 4 is 5.97 Å². The zero-order valence-electron chi connectivity index (χ0n) is 15.6. The van der Waals surface area contributed by atoms with Crippen LogP contribution < -0.4 is 0 Å². The number of carbonyl (C=O) groups is 1. The second-order valence-corrected chi connectivity index (χ2v) is 6.05. The number of hydrogen-bond donors (Lipinski definition) is 1. The van der Waals surface area contributed by atoms with E-state index in [-0.39, 0.29) is 18.1 Å². The first-order valence-corrected chi connectivity index (χ1v) is 6.88. The second kappa shape index (κ2) is 7.44. The van der Waals surface area contributed by atoms with Gasteiger partial charge in [0.05, 0.1) is 27.1 Å². The van der Waals surface area contributed by atoms with Gasteiger partial charge >= 0.3 is 5.97 Å². The molecular weight excluding hydrogens is 278 g/mol. The van der Waals surface area contributed by atoms with E-state index in [1.54, 1.807) is 20.8 Å². The Hall–Kier alpha value is -1.57. The summed E-state index contributed by atoms with van der Waals surface area (Å²) in [7, 11) is -2.53. The van der Waals surface area contributed by atoms with Crippen LogP contribution in [0.25, 0.3) is 0 Å². The highest BCUT2D eigenvalue weighted by Gasteiger charge is 2.33. The fourth-order valence-corrected chi connectivity index (χ4v) is 2.22. The average molecular weight is 306 g/mol. The van der Waals surface area contributed by atoms with Gasteiger partial charge in [0.2, 0.25) is 5.28 Å². The molecule has 21 heavy (non-hydrogen) atoms. The van der Waals surface area contributed by atoms with Crippen molar-refractivity contribution in [1.29, 1.82) is 0 Å². The van der Waals surface area contributed by atoms with E-state index in [9.17, 15) is 10.0 Å². The molecule has 0 saturated heterocycles. The fraction of sp³-hybridized carbons (Fsp3) is 0.923. The normalized spacial score (nSPS) is 25.9. The fourth-order valence-electron chi connectivity index (χ4n) is 2.22. The van der Waals surface area contributed by atoms with Crippen molar-refractivity contribution in [3.8, 4) is 0 Å². The van der Waals surface area contributed by atoms with Gasteiger partial charge in [0.15, 0.2) is 0 Å². The summed E-state index contributed by atoms with van der Waals surface area (Å²) in [6.45, 7) is 5.13. The number of ether oxygens (including phenoxy) is 1. The molecule has 0 aromatic heterocycles. The van der Waals surface area contributed by atoms with Crippen LogP contribution in [0.3, 0.4) is 0 Å². The van der Waals surface area contributed by atoms with E-state index in [0.717, 1.165) is 0 Å². The van der Waals surface area contributed by atoms with Gasteiger partial charge in [-0.25, -0.2) is 0 Å². The molecule has 122 valence electrons. The number of nitrogens with zero attached hydrogens (tertiary/aromatic N) is 3. The molecule has 0 radical (unpaired) electrons. The summed E-state index contributed by atoms with van der Waals surface area (Å²) in [4.78, 5) is 16.3. The summed E-state index contributed by atoms with van der Waals surface area (Å²) in [5, 5.41) is 25.9. The highest BCUT2D eigenvalue weighted by Crippen LogP contribution is 2.28. The Morgan fingerprint density at radius 1 is 1.57 bits per heavy atom. The molecule has 1 saturated carbocycles. The standard InChI is InChI=1S/C13H25N3O5/c1-13(2,3)15(7-8-20-4)16(19)14-21-11-6-5-10(9-11)12(17)18/h10-11H,5-9H2,1-4H3,(H,17,18)/b16-14+/t10-,11-/m1/s1/i4D3. The van der Waals surface area contributed by atoms with Crippen molar-refractivity contribution in [3.05, 3.63) is 5.21 Å². The van der Waals surface area contributed by atoms with Gasteiger partial charge in [-0.3, -0.25) is 4.79 Å². The van der Waals surface area contributed by atoms with Gasteiger partial charge in [0.25, 0.3) is 0 Å². The molecule has 0 aromatic carbocycles. The molecule has 0 spiro atoms. The van der Waals surface area contributed by atoms with Crippen molar-refractivity contribution in [2.45, 2.75) is 51.7 Å². The Morgan fingerprint density at radius 3 is 2.81 bits per heavy atom. The maximum absolute atomic E-state index is 12.2. The van der Waals surface area contributed by atoms with Crippen molar-refractivity contribution in [1.82, 2.24) is 5.01 Å². The molecule has 0 amide bonds. The van der Waals surface area contributed by atoms with Crippen LogP contribution in [-0.4, -0.2) is 52.9 Å². The molecule has 0 bridgehead atoms. The van der Waals surface area contributed by atoms with Crippen LogP contribution in [0.1, 0.15) is 44.1 Å². The highest BCUT2D eigenvalue weighted by molar-refractivity contribution is 5.70. The lowest BCUT2D eigenvalue weighted by Gasteiger charge is -2.30. The molecule has 0 unspecified atom stereocenters. The van der Waals surface area contributed by atoms with E-state index in [2.05, 4.69) is 10.0 Å². The lowest BCUT2D eigenvalue weighted by atomic mass is 10.1. The Labute approximate surface area is 129 Å². The topological polar surface area (TPSA) is 97.4 Å². The molecule has 0 heterocycles. The maximum atomic E-state index is 12.2. The zero-order valence-corrected chi connectivity index (χ0v) is 12.6. The Kier molecular flexibility index (Phi) is 4.65. The summed E-state index contributed by atoms with van der Waals surface area (Å²) in [6.07, 6.45) is 0.906. The number of carboxylic acid groups (broad SMARTS) is 1. The number of carboxylic acids is 1. The van der Waals surface area contributed by atoms with Gasteiger partial charge in [0, 0.05) is 13.5 Å². The summed E-state index contributed by atoms with van der Waals surface area (Å²) >= 11 is 0. The van der Waals surface area contributed by atoms with Crippen LogP contribution in [-0.2, 0) is 14.4 Å². The lowest BCUT2D eigenvalue weighted by molar-refractivity contribution is -0.726. The quantitative estimate of drug-likeness (QED) is 0.437. The predicted molar refractivity (Wildman–Crippen MR) is 74.2 cm³/mol. The van der Waals surface area contributed by atoms with Crippen LogP contribution in [0.15, 0.2) is 5.28 Å². The van der Waals surface area contributed by atoms with E-state index in [0.29, 0.717) is 19.3 Å². The summed E-state index contributed by atoms with van der Waals surface area (Å²) < 4.78 is 25.6. The molecule has 0 aromatic rings. The van der Waals surface area contributed by atoms with E-state index < -0.39 is 30.6 Å². The number of methoxy groups -OCH3 is 1. The summed E-state index contributed by atoms with van der Waals surface area (Å²) in [5.74, 6) is -1.35. The first kappa shape index (κ1) is 13.1. The van der Waals surface area contributed by atoms with E-state index in [4.69, 9.17) is 14.1 Å². The van der Waals surface area contributed by atoms with Gasteiger partial charge in [0.1, 0.15) is 12.6 Å². The SMILES string of the molecule is [2H]C([2H])([2H])OCCN(/[N+]([O-])=N\O[C@@H]1CC[C@@H](C(=O)O)C1)C(C)(C)C. The average Bonchev–Trinajstić information content (AvgIpc) is 2.87. The van der Waals surface area contributed by atoms with Crippen LogP contribution in [0.5, 0.6) is 0 Å². The third-order valence-corrected chi connectivity index (χ3v) is 3.39. The van der Waals surface area contributed by atoms with E-state index >= 15 is 0 Å². The van der Waals surface area contributed by atoms with Crippen molar-refractivity contribution in [3.63, 3.8) is 0 Å². The largest absolute Gasteiger partial charge is 0.569 e. The van der Waals surface area contributed by atoms with Crippen molar-refractivity contribution in [2.24, 2.45) is 11.2 Å². The van der Waals surface area contributed by atoms with Gasteiger partial charge in [-0.15, -0.1) is 5.01 Å². The molecule has 1 aliphatic carbocycles. The Bertz CT molecular complexity index is 465. The highest BCUT2D eigenvalue weighted by atomic mass is 16.7. The smallest absolute Gasteiger partial charge is 0.306 e. The molecule has 1 N–H and O–H groups in total. The molecule has 8 heteroatoms. The molecular formula is C13H25N3O5.